The number of fused-ring (bicyclic) bond motifs is 1. The third kappa shape index (κ3) is 4.19. The molecule has 1 fully saturated rings. The molecule has 1 aromatic heterocycles. The Kier molecular flexibility index (Phi) is 5.91. The fourth-order valence-electron chi connectivity index (χ4n) is 3.82. The van der Waals surface area contributed by atoms with Gasteiger partial charge in [-0.05, 0) is 61.3 Å². The van der Waals surface area contributed by atoms with Gasteiger partial charge < -0.3 is 4.74 Å². The van der Waals surface area contributed by atoms with Crippen LogP contribution in [-0.2, 0) is 23.1 Å². The van der Waals surface area contributed by atoms with Crippen molar-refractivity contribution in [3.63, 3.8) is 0 Å². The lowest BCUT2D eigenvalue weighted by Gasteiger charge is -2.27. The van der Waals surface area contributed by atoms with E-state index in [1.807, 2.05) is 29.0 Å². The zero-order chi connectivity index (χ0) is 19.6. The van der Waals surface area contributed by atoms with E-state index in [-0.39, 0.29) is 28.1 Å². The number of imidazole rings is 1. The molecule has 0 bridgehead atoms. The quantitative estimate of drug-likeness (QED) is 0.463. The lowest BCUT2D eigenvalue weighted by molar-refractivity contribution is -0.146. The van der Waals surface area contributed by atoms with Crippen LogP contribution in [0.2, 0.25) is 0 Å². The number of esters is 1. The lowest BCUT2D eigenvalue weighted by atomic mass is 9.82. The fraction of sp³-hybridized carbons (Fsp3) is 0.476. The van der Waals surface area contributed by atoms with Crippen molar-refractivity contribution in [3.8, 4) is 11.2 Å². The first-order valence-corrected chi connectivity index (χ1v) is 10.9. The highest BCUT2D eigenvalue weighted by Crippen LogP contribution is 2.31. The molecule has 0 spiro atoms. The van der Waals surface area contributed by atoms with Crippen molar-refractivity contribution in [2.24, 2.45) is 18.9 Å². The Bertz CT molecular complexity index is 998. The number of aryl methyl sites for hydroxylation is 1. The Morgan fingerprint density at radius 2 is 2.00 bits per heavy atom. The van der Waals surface area contributed by atoms with Crippen LogP contribution in [0, 0.1) is 23.0 Å². The van der Waals surface area contributed by atoms with Crippen molar-refractivity contribution in [3.05, 3.63) is 34.2 Å². The SMILES string of the molecule is C=S(C)C#Cc1ccc2c(c1)n(CC1CCC(C(=O)OC)CC1)c(=O)n2C. The molecular weight excluding hydrogens is 360 g/mol. The van der Waals surface area contributed by atoms with E-state index in [4.69, 9.17) is 4.74 Å². The zero-order valence-electron chi connectivity index (χ0n) is 16.2. The topological polar surface area (TPSA) is 53.2 Å². The molecule has 1 heterocycles. The normalized spacial score (nSPS) is 20.7. The summed E-state index contributed by atoms with van der Waals surface area (Å²) in [6, 6.07) is 5.91. The average Bonchev–Trinajstić information content (AvgIpc) is 2.91. The molecule has 2 aromatic rings. The summed E-state index contributed by atoms with van der Waals surface area (Å²) in [5.74, 6) is 7.34. The molecule has 1 atom stereocenters. The third-order valence-electron chi connectivity index (χ3n) is 5.34. The van der Waals surface area contributed by atoms with Gasteiger partial charge in [-0.25, -0.2) is 4.79 Å². The van der Waals surface area contributed by atoms with E-state index in [1.54, 1.807) is 11.6 Å². The first-order valence-electron chi connectivity index (χ1n) is 9.15. The van der Waals surface area contributed by atoms with E-state index in [0.29, 0.717) is 12.5 Å². The van der Waals surface area contributed by atoms with Gasteiger partial charge in [0.2, 0.25) is 0 Å². The Balaban J connectivity index is 1.86. The summed E-state index contributed by atoms with van der Waals surface area (Å²) in [4.78, 5) is 24.5. The van der Waals surface area contributed by atoms with Crippen LogP contribution >= 0.6 is 10.5 Å². The molecule has 0 amide bonds. The maximum atomic E-state index is 12.8. The van der Waals surface area contributed by atoms with Gasteiger partial charge in [-0.3, -0.25) is 13.9 Å². The minimum absolute atomic E-state index is 0.00222. The minimum Gasteiger partial charge on any atom is -0.469 e. The van der Waals surface area contributed by atoms with Crippen molar-refractivity contribution >= 4 is 33.4 Å². The van der Waals surface area contributed by atoms with Crippen molar-refractivity contribution in [2.75, 3.05) is 13.4 Å². The van der Waals surface area contributed by atoms with Crippen LogP contribution in [0.4, 0.5) is 0 Å². The van der Waals surface area contributed by atoms with Gasteiger partial charge in [0, 0.05) is 19.2 Å². The Morgan fingerprint density at radius 1 is 1.30 bits per heavy atom. The average molecular weight is 387 g/mol. The second-order valence-electron chi connectivity index (χ2n) is 7.26. The highest BCUT2D eigenvalue weighted by molar-refractivity contribution is 8.17. The van der Waals surface area contributed by atoms with Crippen LogP contribution in [0.15, 0.2) is 23.0 Å². The number of methoxy groups -OCH3 is 1. The molecular formula is C21H26N2O3S. The fourth-order valence-corrected chi connectivity index (χ4v) is 4.11. The van der Waals surface area contributed by atoms with Crippen LogP contribution < -0.4 is 5.69 Å². The maximum Gasteiger partial charge on any atom is 0.328 e. The van der Waals surface area contributed by atoms with Crippen molar-refractivity contribution in [1.82, 2.24) is 9.13 Å². The standard InChI is InChI=1S/C21H26N2O3S/c1-22-18-10-7-15(11-12-27(3)4)13-19(18)23(21(22)25)14-16-5-8-17(9-6-16)20(24)26-2/h7,10,13,16-17H,3,5-6,8-9,14H2,1-2,4H3. The van der Waals surface area contributed by atoms with Gasteiger partial charge in [-0.1, -0.05) is 11.8 Å². The molecule has 1 aromatic carbocycles. The highest BCUT2D eigenvalue weighted by Gasteiger charge is 2.27. The van der Waals surface area contributed by atoms with E-state index in [9.17, 15) is 9.59 Å². The van der Waals surface area contributed by atoms with E-state index < -0.39 is 0 Å². The van der Waals surface area contributed by atoms with Gasteiger partial charge in [0.25, 0.3) is 0 Å². The third-order valence-corrected chi connectivity index (χ3v) is 5.79. The summed E-state index contributed by atoms with van der Waals surface area (Å²) in [5.41, 5.74) is 2.74. The molecule has 6 heteroatoms. The van der Waals surface area contributed by atoms with Crippen LogP contribution in [0.25, 0.3) is 11.0 Å². The number of nitrogens with zero attached hydrogens (tertiary/aromatic N) is 2. The summed E-state index contributed by atoms with van der Waals surface area (Å²) >= 11 is 0. The number of carbonyl (C=O) groups excluding carboxylic acids is 1. The highest BCUT2D eigenvalue weighted by atomic mass is 32.2. The van der Waals surface area contributed by atoms with Crippen molar-refractivity contribution < 1.29 is 9.53 Å². The van der Waals surface area contributed by atoms with E-state index in [2.05, 4.69) is 17.0 Å². The first kappa shape index (κ1) is 19.5. The molecule has 1 aliphatic rings. The van der Waals surface area contributed by atoms with Crippen LogP contribution in [0.3, 0.4) is 0 Å². The molecule has 0 N–H and O–H groups in total. The molecule has 1 aliphatic carbocycles. The molecule has 3 rings (SSSR count). The number of aromatic nitrogens is 2. The van der Waals surface area contributed by atoms with Crippen LogP contribution in [0.5, 0.6) is 0 Å². The smallest absolute Gasteiger partial charge is 0.328 e. The number of rotatable bonds is 3. The Labute approximate surface area is 162 Å². The summed E-state index contributed by atoms with van der Waals surface area (Å²) in [6.45, 7) is 0.675. The van der Waals surface area contributed by atoms with Gasteiger partial charge in [-0.15, -0.1) is 10.5 Å². The Hall–Kier alpha value is -2.26. The van der Waals surface area contributed by atoms with Crippen molar-refractivity contribution in [1.29, 1.82) is 0 Å². The van der Waals surface area contributed by atoms with Gasteiger partial charge in [-0.2, -0.15) is 0 Å². The van der Waals surface area contributed by atoms with E-state index in [0.717, 1.165) is 42.3 Å². The van der Waals surface area contributed by atoms with Crippen LogP contribution in [0.1, 0.15) is 31.2 Å². The van der Waals surface area contributed by atoms with Crippen LogP contribution in [-0.4, -0.2) is 34.3 Å². The first-order chi connectivity index (χ1) is 12.9. The molecule has 1 saturated carbocycles. The van der Waals surface area contributed by atoms with Gasteiger partial charge in [0.05, 0.1) is 24.1 Å². The largest absolute Gasteiger partial charge is 0.469 e. The summed E-state index contributed by atoms with van der Waals surface area (Å²) < 4.78 is 8.42. The minimum atomic E-state index is -0.191. The molecule has 0 saturated heterocycles. The molecule has 1 unspecified atom stereocenters. The molecule has 0 aliphatic heterocycles. The number of hydrogen-bond donors (Lipinski definition) is 0. The number of ether oxygens (including phenoxy) is 1. The maximum absolute atomic E-state index is 12.8. The summed E-state index contributed by atoms with van der Waals surface area (Å²) in [6.07, 6.45) is 5.50. The molecule has 144 valence electrons. The van der Waals surface area contributed by atoms with E-state index in [1.165, 1.54) is 7.11 Å². The lowest BCUT2D eigenvalue weighted by Crippen LogP contribution is -2.29. The summed E-state index contributed by atoms with van der Waals surface area (Å²) in [5, 5.41) is 3.10. The van der Waals surface area contributed by atoms with Gasteiger partial charge in [0.15, 0.2) is 0 Å². The van der Waals surface area contributed by atoms with Gasteiger partial charge >= 0.3 is 11.7 Å². The number of benzene rings is 1. The van der Waals surface area contributed by atoms with Gasteiger partial charge in [0.1, 0.15) is 0 Å². The Morgan fingerprint density at radius 3 is 2.63 bits per heavy atom. The zero-order valence-corrected chi connectivity index (χ0v) is 17.0. The van der Waals surface area contributed by atoms with E-state index >= 15 is 0 Å². The summed E-state index contributed by atoms with van der Waals surface area (Å²) in [7, 11) is 3.06. The van der Waals surface area contributed by atoms with Crippen molar-refractivity contribution in [2.45, 2.75) is 32.2 Å². The predicted molar refractivity (Wildman–Crippen MR) is 112 cm³/mol. The second-order valence-corrected chi connectivity index (χ2v) is 8.74. The predicted octanol–water partition coefficient (Wildman–Crippen LogP) is 2.96. The number of hydrogen-bond acceptors (Lipinski definition) is 3. The second kappa shape index (κ2) is 8.18. The molecule has 0 radical (unpaired) electrons. The molecule has 27 heavy (non-hydrogen) atoms. The number of carbonyl (C=O) groups is 1. The molecule has 5 nitrogen and oxygen atoms in total. The monoisotopic (exact) mass is 386 g/mol.